The zero-order valence-electron chi connectivity index (χ0n) is 13.9. The van der Waals surface area contributed by atoms with Gasteiger partial charge in [-0.3, -0.25) is 9.59 Å². The van der Waals surface area contributed by atoms with E-state index >= 15 is 0 Å². The molecule has 0 aliphatic heterocycles. The molecule has 1 aromatic rings. The highest BCUT2D eigenvalue weighted by Gasteiger charge is 2.64. The third-order valence-electron chi connectivity index (χ3n) is 6.74. The standard InChI is InChI=1S/C19H23NO4/c1-24-19-8-6-13(21)10-18(19)7-2-3-12(19)9-11-4-5-14(17(20)23)16(22)15(11)18/h4-5,12,22H,2-3,6-10H2,1H3,(H2,20,23)/t12-,18-,19-/m1/s1. The number of amides is 1. The van der Waals surface area contributed by atoms with Crippen LogP contribution in [0.1, 0.15) is 60.0 Å². The predicted molar refractivity (Wildman–Crippen MR) is 87.9 cm³/mol. The van der Waals surface area contributed by atoms with E-state index in [1.165, 1.54) is 0 Å². The van der Waals surface area contributed by atoms with Gasteiger partial charge in [0, 0.05) is 30.9 Å². The van der Waals surface area contributed by atoms with Crippen LogP contribution in [0.5, 0.6) is 5.75 Å². The Balaban J connectivity index is 2.03. The average molecular weight is 329 g/mol. The molecular formula is C19H23NO4. The number of aromatic hydroxyl groups is 1. The Labute approximate surface area is 141 Å². The summed E-state index contributed by atoms with van der Waals surface area (Å²) >= 11 is 0. The first-order valence-corrected chi connectivity index (χ1v) is 8.67. The number of hydrogen-bond acceptors (Lipinski definition) is 4. The van der Waals surface area contributed by atoms with Gasteiger partial charge in [0.25, 0.3) is 5.91 Å². The maximum Gasteiger partial charge on any atom is 0.252 e. The van der Waals surface area contributed by atoms with Crippen molar-refractivity contribution in [2.24, 2.45) is 11.7 Å². The SMILES string of the molecule is CO[C@@]12CCC(=O)C[C@@]13CCC[C@@H]2Cc1ccc(C(N)=O)c(O)c13. The number of benzene rings is 1. The van der Waals surface area contributed by atoms with Gasteiger partial charge >= 0.3 is 0 Å². The van der Waals surface area contributed by atoms with Crippen molar-refractivity contribution in [1.29, 1.82) is 0 Å². The Morgan fingerprint density at radius 3 is 2.88 bits per heavy atom. The highest BCUT2D eigenvalue weighted by Crippen LogP contribution is 2.63. The maximum absolute atomic E-state index is 12.4. The number of ether oxygens (including phenoxy) is 1. The second kappa shape index (κ2) is 5.06. The van der Waals surface area contributed by atoms with E-state index < -0.39 is 16.9 Å². The van der Waals surface area contributed by atoms with Gasteiger partial charge in [0.15, 0.2) is 0 Å². The van der Waals surface area contributed by atoms with E-state index in [1.54, 1.807) is 13.2 Å². The monoisotopic (exact) mass is 329 g/mol. The summed E-state index contributed by atoms with van der Waals surface area (Å²) in [5.74, 6) is -0.137. The second-order valence-electron chi connectivity index (χ2n) is 7.54. The minimum Gasteiger partial charge on any atom is -0.507 e. The fourth-order valence-electron chi connectivity index (χ4n) is 5.87. The van der Waals surface area contributed by atoms with Crippen molar-refractivity contribution in [2.75, 3.05) is 7.11 Å². The summed E-state index contributed by atoms with van der Waals surface area (Å²) in [6.07, 6.45) is 5.27. The minimum atomic E-state index is -0.644. The van der Waals surface area contributed by atoms with Crippen molar-refractivity contribution < 1.29 is 19.4 Å². The van der Waals surface area contributed by atoms with Gasteiger partial charge in [0.2, 0.25) is 0 Å². The number of primary amides is 1. The lowest BCUT2D eigenvalue weighted by Gasteiger charge is -2.62. The summed E-state index contributed by atoms with van der Waals surface area (Å²) in [5.41, 5.74) is 6.37. The number of Topliss-reactive ketones (excluding diaryl/α,β-unsaturated/α-hetero) is 1. The van der Waals surface area contributed by atoms with E-state index in [-0.39, 0.29) is 17.1 Å². The molecule has 0 unspecified atom stereocenters. The first-order chi connectivity index (χ1) is 11.4. The Morgan fingerprint density at radius 2 is 2.17 bits per heavy atom. The first kappa shape index (κ1) is 15.6. The lowest BCUT2D eigenvalue weighted by Crippen LogP contribution is -2.65. The number of hydrogen-bond donors (Lipinski definition) is 2. The number of methoxy groups -OCH3 is 1. The molecule has 5 nitrogen and oxygen atoms in total. The molecule has 3 aliphatic carbocycles. The third-order valence-corrected chi connectivity index (χ3v) is 6.74. The maximum atomic E-state index is 12.4. The summed E-state index contributed by atoms with van der Waals surface area (Å²) in [6, 6.07) is 3.50. The smallest absolute Gasteiger partial charge is 0.252 e. The van der Waals surface area contributed by atoms with E-state index in [0.717, 1.165) is 36.8 Å². The van der Waals surface area contributed by atoms with E-state index in [2.05, 4.69) is 0 Å². The number of carbonyl (C=O) groups excluding carboxylic acids is 2. The van der Waals surface area contributed by atoms with Crippen LogP contribution in [0, 0.1) is 5.92 Å². The first-order valence-electron chi connectivity index (χ1n) is 8.67. The number of nitrogens with two attached hydrogens (primary N) is 1. The second-order valence-corrected chi connectivity index (χ2v) is 7.54. The van der Waals surface area contributed by atoms with Crippen molar-refractivity contribution >= 4 is 11.7 Å². The van der Waals surface area contributed by atoms with Crippen molar-refractivity contribution in [1.82, 2.24) is 0 Å². The summed E-state index contributed by atoms with van der Waals surface area (Å²) in [7, 11) is 1.73. The van der Waals surface area contributed by atoms with Gasteiger partial charge in [0.05, 0.1) is 11.2 Å². The largest absolute Gasteiger partial charge is 0.507 e. The highest BCUT2D eigenvalue weighted by atomic mass is 16.5. The topological polar surface area (TPSA) is 89.6 Å². The van der Waals surface area contributed by atoms with Gasteiger partial charge in [-0.05, 0) is 43.2 Å². The Morgan fingerprint density at radius 1 is 1.38 bits per heavy atom. The quantitative estimate of drug-likeness (QED) is 0.870. The molecule has 24 heavy (non-hydrogen) atoms. The molecule has 3 N–H and O–H groups in total. The molecular weight excluding hydrogens is 306 g/mol. The summed E-state index contributed by atoms with van der Waals surface area (Å²) in [5, 5.41) is 10.9. The zero-order valence-corrected chi connectivity index (χ0v) is 13.9. The van der Waals surface area contributed by atoms with E-state index in [4.69, 9.17) is 10.5 Å². The zero-order chi connectivity index (χ0) is 17.1. The summed E-state index contributed by atoms with van der Waals surface area (Å²) < 4.78 is 6.12. The van der Waals surface area contributed by atoms with Crippen LogP contribution in [0.2, 0.25) is 0 Å². The van der Waals surface area contributed by atoms with Crippen LogP contribution in [0.25, 0.3) is 0 Å². The molecule has 2 saturated carbocycles. The summed E-state index contributed by atoms with van der Waals surface area (Å²) in [4.78, 5) is 24.1. The van der Waals surface area contributed by atoms with Gasteiger partial charge in [-0.2, -0.15) is 0 Å². The van der Waals surface area contributed by atoms with Gasteiger partial charge in [-0.15, -0.1) is 0 Å². The minimum absolute atomic E-state index is 0.0449. The van der Waals surface area contributed by atoms with Crippen LogP contribution in [-0.4, -0.2) is 29.5 Å². The molecule has 0 heterocycles. The lowest BCUT2D eigenvalue weighted by atomic mass is 9.45. The van der Waals surface area contributed by atoms with Crippen molar-refractivity contribution in [3.05, 3.63) is 28.8 Å². The molecule has 128 valence electrons. The van der Waals surface area contributed by atoms with E-state index in [1.807, 2.05) is 6.07 Å². The predicted octanol–water partition coefficient (Wildman–Crippen LogP) is 2.22. The van der Waals surface area contributed by atoms with Crippen molar-refractivity contribution in [3.8, 4) is 5.75 Å². The van der Waals surface area contributed by atoms with Crippen LogP contribution < -0.4 is 5.73 Å². The number of rotatable bonds is 2. The molecule has 0 aromatic heterocycles. The third kappa shape index (κ3) is 1.73. The molecule has 5 heteroatoms. The van der Waals surface area contributed by atoms with Crippen LogP contribution in [-0.2, 0) is 21.4 Å². The molecule has 1 amide bonds. The molecule has 4 rings (SSSR count). The number of fused-ring (bicyclic) bond motifs is 1. The van der Waals surface area contributed by atoms with Gasteiger partial charge < -0.3 is 15.6 Å². The van der Waals surface area contributed by atoms with E-state index in [0.29, 0.717) is 25.2 Å². The number of ketones is 1. The molecule has 0 spiro atoms. The fraction of sp³-hybridized carbons (Fsp3) is 0.579. The summed E-state index contributed by atoms with van der Waals surface area (Å²) in [6.45, 7) is 0. The van der Waals surface area contributed by atoms with Crippen LogP contribution >= 0.6 is 0 Å². The van der Waals surface area contributed by atoms with Gasteiger partial charge in [-0.1, -0.05) is 12.5 Å². The molecule has 2 fully saturated rings. The highest BCUT2D eigenvalue weighted by molar-refractivity contribution is 5.96. The van der Waals surface area contributed by atoms with Gasteiger partial charge in [-0.25, -0.2) is 0 Å². The lowest BCUT2D eigenvalue weighted by molar-refractivity contribution is -0.174. The van der Waals surface area contributed by atoms with Crippen LogP contribution in [0.3, 0.4) is 0 Å². The van der Waals surface area contributed by atoms with E-state index in [9.17, 15) is 14.7 Å². The van der Waals surface area contributed by atoms with Crippen LogP contribution in [0.4, 0.5) is 0 Å². The number of carbonyl (C=O) groups is 2. The van der Waals surface area contributed by atoms with Crippen LogP contribution in [0.15, 0.2) is 12.1 Å². The Kier molecular flexibility index (Phi) is 3.29. The Bertz CT molecular complexity index is 743. The van der Waals surface area contributed by atoms with Gasteiger partial charge in [0.1, 0.15) is 11.5 Å². The molecule has 2 bridgehead atoms. The Hall–Kier alpha value is -1.88. The molecule has 1 aromatic carbocycles. The molecule has 3 aliphatic rings. The van der Waals surface area contributed by atoms with Crippen molar-refractivity contribution in [3.63, 3.8) is 0 Å². The number of phenols is 1. The van der Waals surface area contributed by atoms with Crippen molar-refractivity contribution in [2.45, 2.75) is 56.0 Å². The molecule has 0 radical (unpaired) electrons. The molecule has 3 atom stereocenters. The average Bonchev–Trinajstić information content (AvgIpc) is 2.53. The normalized spacial score (nSPS) is 34.4. The fourth-order valence-corrected chi connectivity index (χ4v) is 5.87. The molecule has 0 saturated heterocycles.